The average Bonchev–Trinajstić information content (AvgIpc) is 3.18. The minimum Gasteiger partial charge on any atom is -0.370 e. The van der Waals surface area contributed by atoms with Crippen LogP contribution in [-0.4, -0.2) is 67.4 Å². The van der Waals surface area contributed by atoms with Crippen molar-refractivity contribution >= 4 is 29.6 Å². The summed E-state index contributed by atoms with van der Waals surface area (Å²) in [7, 11) is 0. The van der Waals surface area contributed by atoms with Crippen LogP contribution in [0.3, 0.4) is 0 Å². The van der Waals surface area contributed by atoms with Crippen LogP contribution in [0.2, 0.25) is 0 Å². The number of benzene rings is 4. The molecule has 0 saturated carbocycles. The highest BCUT2D eigenvalue weighted by atomic mass is 16.2. The third-order valence-electron chi connectivity index (χ3n) is 8.82. The standard InChI is InChI=1S/C41H52N10O3/c42-34(26-28-15-19-32(20-16-28)30-10-3-1-4-11-30)37(52)50-35(14-9-25-49-41(45)46)39(54)51-36(38(53)47-23-7-8-24-48-40(43)44)27-29-17-21-33(22-18-29)31-12-5-2-6-13-31/h1-6,10-13,15-22,34-36H,7-9,14,23-27,42H2,(H,47,53)(H,50,52)(H,51,54)(H4,43,44,48)(H4,45,46,49)/t34-,35+,36+/m1/s1. The molecule has 13 nitrogen and oxygen atoms in total. The molecule has 0 saturated heterocycles. The average molecular weight is 733 g/mol. The number of hydrogen-bond acceptors (Lipinski definition) is 6. The van der Waals surface area contributed by atoms with Crippen LogP contribution in [0.5, 0.6) is 0 Å². The van der Waals surface area contributed by atoms with Crippen LogP contribution in [0, 0.1) is 10.8 Å². The van der Waals surface area contributed by atoms with E-state index in [2.05, 4.69) is 26.6 Å². The van der Waals surface area contributed by atoms with Gasteiger partial charge < -0.3 is 43.8 Å². The summed E-state index contributed by atoms with van der Waals surface area (Å²) in [6.45, 7) is 1.17. The Bertz CT molecular complexity index is 1800. The lowest BCUT2D eigenvalue weighted by molar-refractivity contribution is -0.132. The Labute approximate surface area is 316 Å². The minimum absolute atomic E-state index is 0.114. The van der Waals surface area contributed by atoms with Crippen molar-refractivity contribution < 1.29 is 14.4 Å². The van der Waals surface area contributed by atoms with E-state index in [0.29, 0.717) is 38.9 Å². The molecule has 0 spiro atoms. The zero-order chi connectivity index (χ0) is 38.7. The number of amides is 3. The highest BCUT2D eigenvalue weighted by Crippen LogP contribution is 2.21. The molecule has 3 amide bonds. The molecule has 0 aliphatic rings. The van der Waals surface area contributed by atoms with E-state index in [0.717, 1.165) is 33.4 Å². The second-order valence-electron chi connectivity index (χ2n) is 13.1. The maximum atomic E-state index is 13.9. The Morgan fingerprint density at radius 2 is 0.926 bits per heavy atom. The maximum absolute atomic E-state index is 13.9. The number of hydrogen-bond donors (Lipinski definition) is 10. The van der Waals surface area contributed by atoms with Crippen molar-refractivity contribution in [3.8, 4) is 22.3 Å². The van der Waals surface area contributed by atoms with Crippen molar-refractivity contribution in [2.45, 2.75) is 56.7 Å². The molecule has 0 bridgehead atoms. The summed E-state index contributed by atoms with van der Waals surface area (Å²) in [6.07, 6.45) is 2.39. The van der Waals surface area contributed by atoms with Gasteiger partial charge in [0.2, 0.25) is 17.7 Å². The van der Waals surface area contributed by atoms with E-state index in [1.54, 1.807) is 0 Å². The predicted molar refractivity (Wildman–Crippen MR) is 214 cm³/mol. The lowest BCUT2D eigenvalue weighted by Crippen LogP contribution is -2.56. The molecule has 0 aliphatic heterocycles. The number of unbranched alkanes of at least 4 members (excludes halogenated alkanes) is 1. The van der Waals surface area contributed by atoms with E-state index < -0.39 is 29.9 Å². The first-order chi connectivity index (χ1) is 26.1. The highest BCUT2D eigenvalue weighted by molar-refractivity contribution is 5.93. The van der Waals surface area contributed by atoms with Crippen molar-refractivity contribution in [2.75, 3.05) is 19.6 Å². The quantitative estimate of drug-likeness (QED) is 0.0368. The summed E-state index contributed by atoms with van der Waals surface area (Å²) in [5, 5.41) is 28.8. The van der Waals surface area contributed by atoms with E-state index in [1.807, 2.05) is 109 Å². The Morgan fingerprint density at radius 3 is 1.43 bits per heavy atom. The third kappa shape index (κ3) is 13.7. The van der Waals surface area contributed by atoms with Crippen molar-refractivity contribution in [3.05, 3.63) is 120 Å². The van der Waals surface area contributed by atoms with Crippen LogP contribution in [0.1, 0.15) is 36.8 Å². The molecule has 13 N–H and O–H groups in total. The summed E-state index contributed by atoms with van der Waals surface area (Å²) in [6, 6.07) is 32.7. The van der Waals surface area contributed by atoms with Gasteiger partial charge in [0.25, 0.3) is 0 Å². The molecule has 4 rings (SSSR count). The summed E-state index contributed by atoms with van der Waals surface area (Å²) >= 11 is 0. The minimum atomic E-state index is -1.01. The van der Waals surface area contributed by atoms with Crippen LogP contribution >= 0.6 is 0 Å². The molecule has 4 aromatic rings. The second kappa shape index (κ2) is 21.3. The largest absolute Gasteiger partial charge is 0.370 e. The van der Waals surface area contributed by atoms with Gasteiger partial charge in [0.05, 0.1) is 6.04 Å². The van der Waals surface area contributed by atoms with Gasteiger partial charge in [0, 0.05) is 26.1 Å². The van der Waals surface area contributed by atoms with Gasteiger partial charge in [-0.1, -0.05) is 109 Å². The fourth-order valence-electron chi connectivity index (χ4n) is 5.88. The van der Waals surface area contributed by atoms with Crippen molar-refractivity contribution in [1.29, 1.82) is 10.8 Å². The number of nitrogens with one attached hydrogen (secondary N) is 7. The number of nitrogens with two attached hydrogens (primary N) is 3. The van der Waals surface area contributed by atoms with E-state index in [9.17, 15) is 14.4 Å². The monoisotopic (exact) mass is 732 g/mol. The van der Waals surface area contributed by atoms with Crippen molar-refractivity contribution in [3.63, 3.8) is 0 Å². The molecular formula is C41H52N10O3. The van der Waals surface area contributed by atoms with Crippen LogP contribution in [0.4, 0.5) is 0 Å². The van der Waals surface area contributed by atoms with Gasteiger partial charge in [-0.15, -0.1) is 0 Å². The van der Waals surface area contributed by atoms with Gasteiger partial charge in [-0.2, -0.15) is 0 Å². The summed E-state index contributed by atoms with van der Waals surface area (Å²) < 4.78 is 0. The molecule has 0 radical (unpaired) electrons. The van der Waals surface area contributed by atoms with Crippen molar-refractivity contribution in [2.24, 2.45) is 17.2 Å². The van der Waals surface area contributed by atoms with Crippen LogP contribution in [0.25, 0.3) is 22.3 Å². The SMILES string of the molecule is N=C(N)NCCCCNC(=O)[C@H](Cc1ccc(-c2ccccc2)cc1)NC(=O)[C@H](CCCNC(=N)N)NC(=O)[C@H](N)Cc1ccc(-c2ccccc2)cc1. The molecular weight excluding hydrogens is 681 g/mol. The Hall–Kier alpha value is -6.21. The molecule has 4 aromatic carbocycles. The zero-order valence-electron chi connectivity index (χ0n) is 30.4. The summed E-state index contributed by atoms with van der Waals surface area (Å²) in [5.41, 5.74) is 23.1. The summed E-state index contributed by atoms with van der Waals surface area (Å²) in [5.74, 6) is -1.71. The number of carbonyl (C=O) groups is 3. The van der Waals surface area contributed by atoms with Gasteiger partial charge in [-0.05, 0) is 65.5 Å². The summed E-state index contributed by atoms with van der Waals surface area (Å²) in [4.78, 5) is 40.9. The van der Waals surface area contributed by atoms with Gasteiger partial charge in [0.15, 0.2) is 11.9 Å². The van der Waals surface area contributed by atoms with Crippen LogP contribution in [0.15, 0.2) is 109 Å². The molecule has 284 valence electrons. The number of guanidine groups is 2. The first-order valence-corrected chi connectivity index (χ1v) is 18.2. The molecule has 3 atom stereocenters. The highest BCUT2D eigenvalue weighted by Gasteiger charge is 2.28. The molecule has 0 fully saturated rings. The predicted octanol–water partition coefficient (Wildman–Crippen LogP) is 2.75. The fraction of sp³-hybridized carbons (Fsp3) is 0.293. The first-order valence-electron chi connectivity index (χ1n) is 18.2. The Balaban J connectivity index is 1.45. The third-order valence-corrected chi connectivity index (χ3v) is 8.82. The Morgan fingerprint density at radius 1 is 0.500 bits per heavy atom. The smallest absolute Gasteiger partial charge is 0.243 e. The zero-order valence-corrected chi connectivity index (χ0v) is 30.4. The van der Waals surface area contributed by atoms with Gasteiger partial charge in [-0.3, -0.25) is 25.2 Å². The Kier molecular flexibility index (Phi) is 16.0. The number of rotatable bonds is 20. The van der Waals surface area contributed by atoms with Crippen molar-refractivity contribution in [1.82, 2.24) is 26.6 Å². The van der Waals surface area contributed by atoms with Crippen LogP contribution < -0.4 is 43.8 Å². The topological polar surface area (TPSA) is 237 Å². The van der Waals surface area contributed by atoms with E-state index >= 15 is 0 Å². The second-order valence-corrected chi connectivity index (χ2v) is 13.1. The molecule has 0 unspecified atom stereocenters. The van der Waals surface area contributed by atoms with Crippen LogP contribution in [-0.2, 0) is 27.2 Å². The maximum Gasteiger partial charge on any atom is 0.243 e. The molecule has 0 aliphatic carbocycles. The lowest BCUT2D eigenvalue weighted by atomic mass is 9.99. The van der Waals surface area contributed by atoms with E-state index in [1.165, 1.54) is 0 Å². The van der Waals surface area contributed by atoms with Gasteiger partial charge in [-0.25, -0.2) is 0 Å². The fourth-order valence-corrected chi connectivity index (χ4v) is 5.88. The first kappa shape index (κ1) is 40.6. The molecule has 0 heterocycles. The molecule has 54 heavy (non-hydrogen) atoms. The molecule has 13 heteroatoms. The number of carbonyl (C=O) groups excluding carboxylic acids is 3. The van der Waals surface area contributed by atoms with Gasteiger partial charge in [0.1, 0.15) is 12.1 Å². The normalized spacial score (nSPS) is 12.4. The lowest BCUT2D eigenvalue weighted by Gasteiger charge is -2.25. The van der Waals surface area contributed by atoms with Gasteiger partial charge >= 0.3 is 0 Å². The molecule has 0 aromatic heterocycles. The van der Waals surface area contributed by atoms with E-state index in [4.69, 9.17) is 28.0 Å². The van der Waals surface area contributed by atoms with E-state index in [-0.39, 0.29) is 37.1 Å².